The second kappa shape index (κ2) is 5.70. The second-order valence-corrected chi connectivity index (χ2v) is 5.30. The lowest BCUT2D eigenvalue weighted by Gasteiger charge is -2.23. The normalized spacial score (nSPS) is 10.8. The molecule has 0 spiro atoms. The Labute approximate surface area is 129 Å². The van der Waals surface area contributed by atoms with Gasteiger partial charge in [-0.3, -0.25) is 0 Å². The van der Waals surface area contributed by atoms with Gasteiger partial charge in [-0.2, -0.15) is 0 Å². The molecule has 3 rings (SSSR count). The van der Waals surface area contributed by atoms with Crippen LogP contribution in [0.4, 0.5) is 11.5 Å². The van der Waals surface area contributed by atoms with E-state index in [-0.39, 0.29) is 0 Å². The number of hydrogen-bond acceptors (Lipinski definition) is 3. The Bertz CT molecular complexity index is 769. The van der Waals surface area contributed by atoms with Gasteiger partial charge in [0.15, 0.2) is 11.0 Å². The van der Waals surface area contributed by atoms with Crippen molar-refractivity contribution in [2.24, 2.45) is 0 Å². The van der Waals surface area contributed by atoms with E-state index in [1.54, 1.807) is 0 Å². The van der Waals surface area contributed by atoms with Crippen molar-refractivity contribution < 1.29 is 0 Å². The Kier molecular flexibility index (Phi) is 3.76. The number of aromatic nitrogens is 2. The fourth-order valence-electron chi connectivity index (χ4n) is 2.44. The molecular formula is C17H16ClN3. The Morgan fingerprint density at radius 3 is 2.29 bits per heavy atom. The summed E-state index contributed by atoms with van der Waals surface area (Å²) in [5.74, 6) is 0.835. The number of rotatable bonds is 3. The fourth-order valence-corrected chi connectivity index (χ4v) is 2.64. The highest BCUT2D eigenvalue weighted by Gasteiger charge is 2.14. The number of hydrogen-bond donors (Lipinski definition) is 0. The largest absolute Gasteiger partial charge is 0.325 e. The van der Waals surface area contributed by atoms with Gasteiger partial charge in [0.1, 0.15) is 0 Å². The molecule has 2 aromatic carbocycles. The van der Waals surface area contributed by atoms with E-state index < -0.39 is 0 Å². The summed E-state index contributed by atoms with van der Waals surface area (Å²) in [7, 11) is 0. The third kappa shape index (κ3) is 2.57. The monoisotopic (exact) mass is 297 g/mol. The minimum absolute atomic E-state index is 0.439. The number of halogens is 1. The van der Waals surface area contributed by atoms with Crippen LogP contribution in [-0.2, 0) is 0 Å². The Hall–Kier alpha value is -2.13. The summed E-state index contributed by atoms with van der Waals surface area (Å²) in [5.41, 5.74) is 2.34. The number of nitrogens with zero attached hydrogens (tertiary/aromatic N) is 3. The van der Waals surface area contributed by atoms with Gasteiger partial charge in [-0.05, 0) is 26.0 Å². The molecule has 0 bridgehead atoms. The van der Waals surface area contributed by atoms with Crippen molar-refractivity contribution in [2.75, 3.05) is 11.4 Å². The molecule has 0 saturated heterocycles. The summed E-state index contributed by atoms with van der Waals surface area (Å²) in [5, 5.41) is 10.8. The van der Waals surface area contributed by atoms with E-state index in [2.05, 4.69) is 53.2 Å². The molecule has 0 N–H and O–H groups in total. The average molecular weight is 298 g/mol. The van der Waals surface area contributed by atoms with E-state index in [9.17, 15) is 0 Å². The third-order valence-corrected chi connectivity index (χ3v) is 3.82. The smallest absolute Gasteiger partial charge is 0.163 e. The molecule has 0 aliphatic carbocycles. The van der Waals surface area contributed by atoms with Crippen molar-refractivity contribution in [3.63, 3.8) is 0 Å². The van der Waals surface area contributed by atoms with Crippen LogP contribution in [0.3, 0.4) is 0 Å². The zero-order valence-electron chi connectivity index (χ0n) is 12.0. The van der Waals surface area contributed by atoms with Gasteiger partial charge < -0.3 is 4.90 Å². The summed E-state index contributed by atoms with van der Waals surface area (Å²) in [6.45, 7) is 4.99. The predicted octanol–water partition coefficient (Wildman–Crippen LogP) is 4.75. The van der Waals surface area contributed by atoms with Crippen LogP contribution in [0.25, 0.3) is 10.8 Å². The average Bonchev–Trinajstić information content (AvgIpc) is 2.52. The van der Waals surface area contributed by atoms with Crippen molar-refractivity contribution in [1.82, 2.24) is 10.2 Å². The number of fused-ring (bicyclic) bond motifs is 1. The molecule has 0 saturated carbocycles. The molecule has 21 heavy (non-hydrogen) atoms. The van der Waals surface area contributed by atoms with E-state index in [0.29, 0.717) is 5.15 Å². The number of benzene rings is 2. The first-order valence-corrected chi connectivity index (χ1v) is 7.33. The van der Waals surface area contributed by atoms with Crippen LogP contribution in [0.1, 0.15) is 12.5 Å². The van der Waals surface area contributed by atoms with Gasteiger partial charge in [0.2, 0.25) is 0 Å². The molecule has 0 unspecified atom stereocenters. The van der Waals surface area contributed by atoms with Crippen molar-refractivity contribution >= 4 is 33.9 Å². The molecule has 3 aromatic rings. The minimum atomic E-state index is 0.439. The number of aryl methyl sites for hydroxylation is 1. The molecule has 0 radical (unpaired) electrons. The maximum absolute atomic E-state index is 6.15. The molecule has 1 heterocycles. The van der Waals surface area contributed by atoms with Gasteiger partial charge in [-0.25, -0.2) is 0 Å². The van der Waals surface area contributed by atoms with E-state index in [0.717, 1.165) is 28.8 Å². The van der Waals surface area contributed by atoms with E-state index in [1.807, 2.05) is 24.3 Å². The number of anilines is 2. The van der Waals surface area contributed by atoms with E-state index in [1.165, 1.54) is 5.56 Å². The highest BCUT2D eigenvalue weighted by molar-refractivity contribution is 6.34. The molecule has 3 nitrogen and oxygen atoms in total. The van der Waals surface area contributed by atoms with Crippen LogP contribution >= 0.6 is 11.6 Å². The Morgan fingerprint density at radius 1 is 0.952 bits per heavy atom. The Balaban J connectivity index is 2.17. The summed E-state index contributed by atoms with van der Waals surface area (Å²) in [4.78, 5) is 2.14. The zero-order valence-corrected chi connectivity index (χ0v) is 12.8. The van der Waals surface area contributed by atoms with Crippen LogP contribution in [0, 0.1) is 6.92 Å². The minimum Gasteiger partial charge on any atom is -0.325 e. The summed E-state index contributed by atoms with van der Waals surface area (Å²) in [6, 6.07) is 16.4. The lowest BCUT2D eigenvalue weighted by Crippen LogP contribution is -2.18. The van der Waals surface area contributed by atoms with Crippen molar-refractivity contribution in [3.8, 4) is 0 Å². The molecule has 0 fully saturated rings. The van der Waals surface area contributed by atoms with Crippen molar-refractivity contribution in [2.45, 2.75) is 13.8 Å². The molecule has 0 amide bonds. The van der Waals surface area contributed by atoms with Crippen LogP contribution in [-0.4, -0.2) is 16.7 Å². The quantitative estimate of drug-likeness (QED) is 0.698. The van der Waals surface area contributed by atoms with Crippen LogP contribution < -0.4 is 4.90 Å². The van der Waals surface area contributed by atoms with Gasteiger partial charge in [0, 0.05) is 23.0 Å². The van der Waals surface area contributed by atoms with Crippen LogP contribution in [0.15, 0.2) is 48.5 Å². The zero-order chi connectivity index (χ0) is 14.8. The SMILES string of the molecule is CCN(c1ccc(C)cc1)c1nnc(Cl)c2ccccc12. The second-order valence-electron chi connectivity index (χ2n) is 4.94. The summed E-state index contributed by atoms with van der Waals surface area (Å²) >= 11 is 6.15. The van der Waals surface area contributed by atoms with Crippen molar-refractivity contribution in [1.29, 1.82) is 0 Å². The molecule has 0 aliphatic rings. The summed E-state index contributed by atoms with van der Waals surface area (Å²) < 4.78 is 0. The predicted molar refractivity (Wildman–Crippen MR) is 88.4 cm³/mol. The van der Waals surface area contributed by atoms with Crippen molar-refractivity contribution in [3.05, 3.63) is 59.2 Å². The lowest BCUT2D eigenvalue weighted by molar-refractivity contribution is 0.945. The highest BCUT2D eigenvalue weighted by Crippen LogP contribution is 2.32. The van der Waals surface area contributed by atoms with Gasteiger partial charge in [-0.15, -0.1) is 10.2 Å². The van der Waals surface area contributed by atoms with Gasteiger partial charge in [-0.1, -0.05) is 53.6 Å². The van der Waals surface area contributed by atoms with Gasteiger partial charge >= 0.3 is 0 Å². The third-order valence-electron chi connectivity index (χ3n) is 3.54. The van der Waals surface area contributed by atoms with Crippen LogP contribution in [0.5, 0.6) is 0 Å². The first-order chi connectivity index (χ1) is 10.2. The maximum Gasteiger partial charge on any atom is 0.163 e. The van der Waals surface area contributed by atoms with E-state index in [4.69, 9.17) is 11.6 Å². The fraction of sp³-hybridized carbons (Fsp3) is 0.176. The maximum atomic E-state index is 6.15. The standard InChI is InChI=1S/C17H16ClN3/c1-3-21(13-10-8-12(2)9-11-13)17-15-7-5-4-6-14(15)16(18)19-20-17/h4-11H,3H2,1-2H3. The van der Waals surface area contributed by atoms with Gasteiger partial charge in [0.05, 0.1) is 0 Å². The topological polar surface area (TPSA) is 29.0 Å². The van der Waals surface area contributed by atoms with Gasteiger partial charge in [0.25, 0.3) is 0 Å². The molecule has 0 aliphatic heterocycles. The first-order valence-electron chi connectivity index (χ1n) is 6.96. The lowest BCUT2D eigenvalue weighted by atomic mass is 10.1. The Morgan fingerprint density at radius 2 is 1.62 bits per heavy atom. The summed E-state index contributed by atoms with van der Waals surface area (Å²) in [6.07, 6.45) is 0. The van der Waals surface area contributed by atoms with Crippen LogP contribution in [0.2, 0.25) is 5.15 Å². The highest BCUT2D eigenvalue weighted by atomic mass is 35.5. The molecule has 106 valence electrons. The molecular weight excluding hydrogens is 282 g/mol. The molecule has 0 atom stereocenters. The van der Waals surface area contributed by atoms with E-state index >= 15 is 0 Å². The molecule has 1 aromatic heterocycles. The first kappa shape index (κ1) is 13.8. The molecule has 4 heteroatoms.